The van der Waals surface area contributed by atoms with E-state index in [-0.39, 0.29) is 52.8 Å². The summed E-state index contributed by atoms with van der Waals surface area (Å²) in [7, 11) is 0. The van der Waals surface area contributed by atoms with E-state index in [1.54, 1.807) is 0 Å². The van der Waals surface area contributed by atoms with Crippen molar-refractivity contribution in [2.75, 3.05) is 0 Å². The third-order valence-corrected chi connectivity index (χ3v) is 0.667. The van der Waals surface area contributed by atoms with Crippen LogP contribution in [0.3, 0.4) is 0 Å². The van der Waals surface area contributed by atoms with E-state index >= 15 is 0 Å². The van der Waals surface area contributed by atoms with Crippen molar-refractivity contribution >= 4 is 6.16 Å². The molecule has 0 aromatic carbocycles. The van der Waals surface area contributed by atoms with E-state index in [0.717, 1.165) is 0 Å². The van der Waals surface area contributed by atoms with Crippen LogP contribution < -0.4 is 56.7 Å². The molecule has 5 heteroatoms. The number of hydrogen-bond acceptors (Lipinski definition) is 2. The third kappa shape index (κ3) is 44.7. The molecule has 0 bridgehead atoms. The van der Waals surface area contributed by atoms with Gasteiger partial charge in [0.05, 0.1) is 0 Å². The van der Waals surface area contributed by atoms with Crippen molar-refractivity contribution in [3.05, 3.63) is 0 Å². The van der Waals surface area contributed by atoms with Crippen molar-refractivity contribution < 1.29 is 67.8 Å². The minimum atomic E-state index is -1.83. The maximum Gasteiger partial charge on any atom is 1.00 e. The van der Waals surface area contributed by atoms with Crippen LogP contribution in [0.5, 0.6) is 0 Å². The fraction of sp³-hybridized carbons (Fsp3) is 0.857. The van der Waals surface area contributed by atoms with Gasteiger partial charge in [0.1, 0.15) is 0 Å². The Balaban J connectivity index is -0.0000000600. The van der Waals surface area contributed by atoms with Crippen LogP contribution in [0.25, 0.3) is 0 Å². The number of hydrogen-bond donors (Lipinski definition) is 3. The van der Waals surface area contributed by atoms with Gasteiger partial charge < -0.3 is 17.0 Å². The fourth-order valence-electron chi connectivity index (χ4n) is 0.667. The van der Waals surface area contributed by atoms with E-state index in [4.69, 9.17) is 15.0 Å². The monoisotopic (exact) mass is 203 g/mol. The van der Waals surface area contributed by atoms with Crippen molar-refractivity contribution in [1.29, 1.82) is 0 Å². The van der Waals surface area contributed by atoms with Crippen LogP contribution in [-0.4, -0.2) is 28.5 Å². The van der Waals surface area contributed by atoms with Gasteiger partial charge in [-0.25, -0.2) is 4.79 Å². The second kappa shape index (κ2) is 11.9. The molecule has 3 N–H and O–H groups in total. The zero-order chi connectivity index (χ0) is 9.44. The summed E-state index contributed by atoms with van der Waals surface area (Å²) in [6, 6.07) is 1.25. The van der Waals surface area contributed by atoms with Crippen LogP contribution in [0.15, 0.2) is 0 Å². The van der Waals surface area contributed by atoms with Gasteiger partial charge in [-0.15, -0.1) is 0 Å². The average molecular weight is 203 g/mol. The first kappa shape index (κ1) is 18.6. The molecule has 0 fully saturated rings. The summed E-state index contributed by atoms with van der Waals surface area (Å²) in [4.78, 5) is 8.56. The maximum atomic E-state index is 8.56. The van der Waals surface area contributed by atoms with E-state index < -0.39 is 6.16 Å². The summed E-state index contributed by atoms with van der Waals surface area (Å²) in [5.74, 6) is 0. The fourth-order valence-corrected chi connectivity index (χ4v) is 0.667. The predicted octanol–water partition coefficient (Wildman–Crippen LogP) is -1.27. The minimum absolute atomic E-state index is 0. The molecule has 0 aromatic heterocycles. The maximum absolute atomic E-state index is 8.56. The Morgan fingerprint density at radius 2 is 1.33 bits per heavy atom. The zero-order valence-corrected chi connectivity index (χ0v) is 11.6. The predicted molar refractivity (Wildman–Crippen MR) is 45.2 cm³/mol. The molecule has 0 saturated heterocycles. The Morgan fingerprint density at radius 1 is 1.17 bits per heavy atom. The topological polar surface area (TPSA) is 69.6 Å². The number of carbonyl (C=O) groups is 1. The molecule has 0 aromatic rings. The van der Waals surface area contributed by atoms with E-state index in [9.17, 15) is 0 Å². The Hall–Kier alpha value is 0.866. The molecule has 0 amide bonds. The molecular formula is C7H18KNO3. The van der Waals surface area contributed by atoms with Crippen molar-refractivity contribution in [3.63, 3.8) is 0 Å². The van der Waals surface area contributed by atoms with E-state index in [2.05, 4.69) is 33.0 Å². The van der Waals surface area contributed by atoms with Gasteiger partial charge in [-0.3, -0.25) is 0 Å². The smallest absolute Gasteiger partial charge is 1.00 e. The third-order valence-electron chi connectivity index (χ3n) is 0.667. The Morgan fingerprint density at radius 3 is 1.33 bits per heavy atom. The Bertz CT molecular complexity index is 102. The van der Waals surface area contributed by atoms with Crippen LogP contribution in [0.4, 0.5) is 4.79 Å². The van der Waals surface area contributed by atoms with E-state index in [0.29, 0.717) is 12.1 Å². The van der Waals surface area contributed by atoms with Gasteiger partial charge in [-0.1, -0.05) is 27.7 Å². The van der Waals surface area contributed by atoms with Crippen molar-refractivity contribution in [2.24, 2.45) is 0 Å². The molecule has 0 rings (SSSR count). The van der Waals surface area contributed by atoms with Crippen LogP contribution in [0.1, 0.15) is 29.1 Å². The van der Waals surface area contributed by atoms with Crippen LogP contribution in [0, 0.1) is 0 Å². The summed E-state index contributed by atoms with van der Waals surface area (Å²) < 4.78 is 0. The molecule has 0 radical (unpaired) electrons. The van der Waals surface area contributed by atoms with Gasteiger partial charge in [-0.2, -0.15) is 0 Å². The van der Waals surface area contributed by atoms with E-state index in [1.807, 2.05) is 0 Å². The van der Waals surface area contributed by atoms with Gasteiger partial charge in [0, 0.05) is 12.1 Å². The van der Waals surface area contributed by atoms with Crippen molar-refractivity contribution in [2.45, 2.75) is 39.8 Å². The van der Waals surface area contributed by atoms with E-state index in [1.165, 1.54) is 0 Å². The van der Waals surface area contributed by atoms with Gasteiger partial charge in [0.2, 0.25) is 0 Å². The first-order valence-electron chi connectivity index (χ1n) is 3.54. The van der Waals surface area contributed by atoms with Gasteiger partial charge in [0.15, 0.2) is 0 Å². The molecule has 0 spiro atoms. The molecule has 0 aliphatic heterocycles. The second-order valence-corrected chi connectivity index (χ2v) is 2.76. The first-order valence-corrected chi connectivity index (χ1v) is 3.54. The quantitative estimate of drug-likeness (QED) is 0.490. The van der Waals surface area contributed by atoms with Gasteiger partial charge in [-0.05, 0) is 0 Å². The molecule has 0 saturated carbocycles. The molecule has 12 heavy (non-hydrogen) atoms. The van der Waals surface area contributed by atoms with Crippen molar-refractivity contribution in [1.82, 2.24) is 5.32 Å². The Labute approximate surface area is 118 Å². The summed E-state index contributed by atoms with van der Waals surface area (Å²) in [5, 5.41) is 17.2. The summed E-state index contributed by atoms with van der Waals surface area (Å²) in [6.07, 6.45) is -1.83. The molecule has 4 nitrogen and oxygen atoms in total. The molecular weight excluding hydrogens is 185 g/mol. The number of rotatable bonds is 2. The molecule has 0 aliphatic carbocycles. The molecule has 0 heterocycles. The minimum Gasteiger partial charge on any atom is -1.00 e. The largest absolute Gasteiger partial charge is 1.00 e. The number of carboxylic acid groups (broad SMARTS) is 2. The van der Waals surface area contributed by atoms with Crippen LogP contribution in [-0.2, 0) is 0 Å². The summed E-state index contributed by atoms with van der Waals surface area (Å²) >= 11 is 0. The second-order valence-electron chi connectivity index (χ2n) is 2.76. The first-order chi connectivity index (χ1) is 4.86. The molecule has 0 unspecified atom stereocenters. The standard InChI is InChI=1S/C6H15N.CH2O3.K.H/c1-5(2)7-6(3)4;2-1(3)4;;/h5-7H,1-4H3;(H2,2,3,4);;/q;;+1;-1. The van der Waals surface area contributed by atoms with Crippen LogP contribution >= 0.6 is 0 Å². The van der Waals surface area contributed by atoms with Crippen molar-refractivity contribution in [3.8, 4) is 0 Å². The van der Waals surface area contributed by atoms with Gasteiger partial charge in [0.25, 0.3) is 0 Å². The van der Waals surface area contributed by atoms with Crippen LogP contribution in [0.2, 0.25) is 0 Å². The van der Waals surface area contributed by atoms with Gasteiger partial charge >= 0.3 is 57.5 Å². The summed E-state index contributed by atoms with van der Waals surface area (Å²) in [6.45, 7) is 8.61. The SMILES string of the molecule is CC(C)NC(C)C.O=C(O)O.[H-].[K+]. The average Bonchev–Trinajstić information content (AvgIpc) is 1.56. The molecule has 0 atom stereocenters. The molecule has 0 aliphatic rings. The number of nitrogens with one attached hydrogen (secondary N) is 1. The zero-order valence-electron chi connectivity index (χ0n) is 9.46. The molecule has 70 valence electrons. The Kier molecular flexibility index (Phi) is 18.4. The normalized spacial score (nSPS) is 8.50. The summed E-state index contributed by atoms with van der Waals surface area (Å²) in [5.41, 5.74) is 0.